The van der Waals surface area contributed by atoms with Gasteiger partial charge < -0.3 is 10.1 Å². The molecule has 0 bridgehead atoms. The first-order valence-electron chi connectivity index (χ1n) is 10.3. The molecule has 1 unspecified atom stereocenters. The minimum absolute atomic E-state index is 0.0568. The van der Waals surface area contributed by atoms with E-state index in [-0.39, 0.29) is 30.4 Å². The predicted molar refractivity (Wildman–Crippen MR) is 106 cm³/mol. The summed E-state index contributed by atoms with van der Waals surface area (Å²) in [4.78, 5) is 25.6. The molecule has 0 aromatic heterocycles. The third kappa shape index (κ3) is 7.90. The lowest BCUT2D eigenvalue weighted by Gasteiger charge is -2.35. The van der Waals surface area contributed by atoms with Gasteiger partial charge in [0.05, 0.1) is 12.5 Å². The van der Waals surface area contributed by atoms with Crippen LogP contribution in [0.1, 0.15) is 85.0 Å². The normalized spacial score (nSPS) is 17.5. The van der Waals surface area contributed by atoms with Crippen molar-refractivity contribution in [2.24, 2.45) is 0 Å². The fourth-order valence-corrected chi connectivity index (χ4v) is 3.58. The number of carbonyl (C=O) groups is 2. The van der Waals surface area contributed by atoms with Crippen LogP contribution in [0.2, 0.25) is 0 Å². The Hall–Kier alpha value is -1.36. The molecule has 1 fully saturated rings. The lowest BCUT2D eigenvalue weighted by atomic mass is 9.86. The van der Waals surface area contributed by atoms with Gasteiger partial charge in [0.15, 0.2) is 0 Å². The van der Waals surface area contributed by atoms with Gasteiger partial charge in [-0.1, -0.05) is 51.5 Å². The second-order valence-corrected chi connectivity index (χ2v) is 7.73. The van der Waals surface area contributed by atoms with Gasteiger partial charge in [-0.05, 0) is 33.1 Å². The van der Waals surface area contributed by atoms with E-state index in [2.05, 4.69) is 24.1 Å². The van der Waals surface area contributed by atoms with Crippen LogP contribution >= 0.6 is 0 Å². The second-order valence-electron chi connectivity index (χ2n) is 7.73. The number of nitrogens with one attached hydrogen (secondary N) is 2. The van der Waals surface area contributed by atoms with E-state index in [1.165, 1.54) is 6.42 Å². The van der Waals surface area contributed by atoms with Gasteiger partial charge in [-0.3, -0.25) is 14.9 Å². The average molecular weight is 367 g/mol. The number of rotatable bonds is 12. The maximum atomic E-state index is 13.2. The molecule has 150 valence electrons. The highest BCUT2D eigenvalue weighted by Crippen LogP contribution is 2.24. The molecule has 0 aromatic carbocycles. The molecule has 1 amide bonds. The van der Waals surface area contributed by atoms with Gasteiger partial charge in [0, 0.05) is 12.6 Å². The highest BCUT2D eigenvalue weighted by Gasteiger charge is 2.41. The van der Waals surface area contributed by atoms with Crippen LogP contribution in [-0.4, -0.2) is 36.1 Å². The monoisotopic (exact) mass is 366 g/mol. The van der Waals surface area contributed by atoms with Gasteiger partial charge >= 0.3 is 5.97 Å². The van der Waals surface area contributed by atoms with Crippen LogP contribution in [0.3, 0.4) is 0 Å². The molecule has 0 radical (unpaired) electrons. The molecule has 0 spiro atoms. The standard InChI is InChI=1S/C21H38N2O3/c1-5-7-11-14-21(22-15-6-2,16-19(24)26-17(3)4)20(25)23-18-12-9-8-10-13-18/h6,17-18,22H,2,5,7-16H2,1,3-4H3,(H,23,25). The van der Waals surface area contributed by atoms with E-state index < -0.39 is 5.54 Å². The van der Waals surface area contributed by atoms with Crippen LogP contribution in [0.25, 0.3) is 0 Å². The van der Waals surface area contributed by atoms with Crippen LogP contribution in [-0.2, 0) is 14.3 Å². The summed E-state index contributed by atoms with van der Waals surface area (Å²) in [6.07, 6.45) is 10.8. The van der Waals surface area contributed by atoms with E-state index in [9.17, 15) is 9.59 Å². The fourth-order valence-electron chi connectivity index (χ4n) is 3.58. The summed E-state index contributed by atoms with van der Waals surface area (Å²) in [5.41, 5.74) is -0.924. The van der Waals surface area contributed by atoms with Gasteiger partial charge in [-0.2, -0.15) is 0 Å². The Morgan fingerprint density at radius 3 is 2.50 bits per heavy atom. The molecule has 1 saturated carbocycles. The first-order valence-corrected chi connectivity index (χ1v) is 10.3. The van der Waals surface area contributed by atoms with E-state index >= 15 is 0 Å². The fraction of sp³-hybridized carbons (Fsp3) is 0.810. The first-order chi connectivity index (χ1) is 12.4. The summed E-state index contributed by atoms with van der Waals surface area (Å²) in [6, 6.07) is 0.216. The van der Waals surface area contributed by atoms with E-state index in [1.807, 2.05) is 13.8 Å². The summed E-state index contributed by atoms with van der Waals surface area (Å²) < 4.78 is 5.35. The number of hydrogen-bond acceptors (Lipinski definition) is 4. The number of carbonyl (C=O) groups excluding carboxylic acids is 2. The lowest BCUT2D eigenvalue weighted by molar-refractivity contribution is -0.152. The number of hydrogen-bond donors (Lipinski definition) is 2. The lowest BCUT2D eigenvalue weighted by Crippen LogP contribution is -2.60. The third-order valence-electron chi connectivity index (χ3n) is 4.98. The van der Waals surface area contributed by atoms with E-state index in [1.54, 1.807) is 6.08 Å². The predicted octanol–water partition coefficient (Wildman–Crippen LogP) is 3.87. The molecule has 1 aliphatic rings. The molecule has 0 aliphatic heterocycles. The Morgan fingerprint density at radius 1 is 1.23 bits per heavy atom. The van der Waals surface area contributed by atoms with Crippen LogP contribution < -0.4 is 10.6 Å². The maximum Gasteiger partial charge on any atom is 0.308 e. The zero-order valence-corrected chi connectivity index (χ0v) is 16.9. The molecule has 0 aromatic rings. The largest absolute Gasteiger partial charge is 0.463 e. The van der Waals surface area contributed by atoms with Gasteiger partial charge in [0.1, 0.15) is 5.54 Å². The summed E-state index contributed by atoms with van der Waals surface area (Å²) in [6.45, 7) is 10.0. The highest BCUT2D eigenvalue weighted by atomic mass is 16.5. The van der Waals surface area contributed by atoms with Crippen molar-refractivity contribution in [3.63, 3.8) is 0 Å². The van der Waals surface area contributed by atoms with Gasteiger partial charge in [0.2, 0.25) is 5.91 Å². The zero-order chi connectivity index (χ0) is 19.4. The molecular formula is C21H38N2O3. The van der Waals surface area contributed by atoms with Gasteiger partial charge in [-0.25, -0.2) is 0 Å². The summed E-state index contributed by atoms with van der Waals surface area (Å²) in [5.74, 6) is -0.394. The minimum atomic E-state index is -0.924. The average Bonchev–Trinajstić information content (AvgIpc) is 2.59. The Kier molecular flexibility index (Phi) is 10.6. The molecule has 1 rings (SSSR count). The zero-order valence-electron chi connectivity index (χ0n) is 16.9. The molecule has 1 atom stereocenters. The Bertz CT molecular complexity index is 445. The number of ether oxygens (including phenoxy) is 1. The van der Waals surface area contributed by atoms with E-state index in [0.717, 1.165) is 44.9 Å². The molecule has 5 nitrogen and oxygen atoms in total. The minimum Gasteiger partial charge on any atom is -0.463 e. The van der Waals surface area contributed by atoms with Gasteiger partial charge in [0.25, 0.3) is 0 Å². The quantitative estimate of drug-likeness (QED) is 0.312. The summed E-state index contributed by atoms with van der Waals surface area (Å²) >= 11 is 0. The Labute approximate surface area is 159 Å². The SMILES string of the molecule is C=CCNC(CCCCC)(CC(=O)OC(C)C)C(=O)NC1CCCCC1. The van der Waals surface area contributed by atoms with Crippen molar-refractivity contribution in [3.8, 4) is 0 Å². The first kappa shape index (κ1) is 22.7. The van der Waals surface area contributed by atoms with Crippen molar-refractivity contribution in [1.82, 2.24) is 10.6 Å². The number of unbranched alkanes of at least 4 members (excludes halogenated alkanes) is 2. The topological polar surface area (TPSA) is 67.4 Å². The Morgan fingerprint density at radius 2 is 1.92 bits per heavy atom. The van der Waals surface area contributed by atoms with E-state index in [0.29, 0.717) is 13.0 Å². The van der Waals surface area contributed by atoms with Crippen LogP contribution in [0.15, 0.2) is 12.7 Å². The number of esters is 1. The molecule has 0 saturated heterocycles. The van der Waals surface area contributed by atoms with Crippen molar-refractivity contribution in [3.05, 3.63) is 12.7 Å². The maximum absolute atomic E-state index is 13.2. The van der Waals surface area contributed by atoms with Gasteiger partial charge in [-0.15, -0.1) is 6.58 Å². The van der Waals surface area contributed by atoms with Crippen LogP contribution in [0.4, 0.5) is 0 Å². The second kappa shape index (κ2) is 12.1. The van der Waals surface area contributed by atoms with Crippen LogP contribution in [0, 0.1) is 0 Å². The molecule has 2 N–H and O–H groups in total. The van der Waals surface area contributed by atoms with Crippen molar-refractivity contribution in [2.45, 2.75) is 103 Å². The summed E-state index contributed by atoms with van der Waals surface area (Å²) in [5, 5.41) is 6.52. The molecular weight excluding hydrogens is 328 g/mol. The van der Waals surface area contributed by atoms with E-state index in [4.69, 9.17) is 4.74 Å². The molecule has 5 heteroatoms. The van der Waals surface area contributed by atoms with Crippen molar-refractivity contribution in [1.29, 1.82) is 0 Å². The van der Waals surface area contributed by atoms with Crippen molar-refractivity contribution < 1.29 is 14.3 Å². The smallest absolute Gasteiger partial charge is 0.308 e. The Balaban J connectivity index is 2.92. The molecule has 0 heterocycles. The number of amides is 1. The van der Waals surface area contributed by atoms with Crippen molar-refractivity contribution >= 4 is 11.9 Å². The highest BCUT2D eigenvalue weighted by molar-refractivity contribution is 5.91. The molecule has 1 aliphatic carbocycles. The van der Waals surface area contributed by atoms with Crippen LogP contribution in [0.5, 0.6) is 0 Å². The van der Waals surface area contributed by atoms with Crippen molar-refractivity contribution in [2.75, 3.05) is 6.54 Å². The molecule has 26 heavy (non-hydrogen) atoms. The summed E-state index contributed by atoms with van der Waals surface area (Å²) in [7, 11) is 0. The third-order valence-corrected chi connectivity index (χ3v) is 4.98.